The maximum absolute atomic E-state index is 5.17. The van der Waals surface area contributed by atoms with Crippen molar-refractivity contribution in [2.45, 2.75) is 39.2 Å². The molecule has 0 radical (unpaired) electrons. The molecule has 0 aromatic heterocycles. The average molecular weight is 228 g/mol. The Kier molecular flexibility index (Phi) is 7.01. The first-order chi connectivity index (χ1) is 7.81. The molecule has 0 spiro atoms. The van der Waals surface area contributed by atoms with Gasteiger partial charge in [-0.2, -0.15) is 0 Å². The number of hydrogen-bond donors (Lipinski definition) is 0. The van der Waals surface area contributed by atoms with Gasteiger partial charge in [0.25, 0.3) is 0 Å². The highest BCUT2D eigenvalue weighted by atomic mass is 16.5. The Morgan fingerprint density at radius 1 is 1.19 bits per heavy atom. The molecule has 1 heterocycles. The zero-order valence-corrected chi connectivity index (χ0v) is 11.2. The van der Waals surface area contributed by atoms with E-state index in [1.165, 1.54) is 45.4 Å². The second-order valence-corrected chi connectivity index (χ2v) is 4.75. The molecule has 1 fully saturated rings. The minimum absolute atomic E-state index is 0.737. The molecule has 96 valence electrons. The summed E-state index contributed by atoms with van der Waals surface area (Å²) in [5, 5.41) is 0. The van der Waals surface area contributed by atoms with Gasteiger partial charge in [0, 0.05) is 39.3 Å². The molecule has 0 saturated carbocycles. The van der Waals surface area contributed by atoms with E-state index in [2.05, 4.69) is 23.6 Å². The molecule has 3 nitrogen and oxygen atoms in total. The molecule has 1 aliphatic heterocycles. The standard InChI is InChI=1S/C13H28N2O/c1-4-6-7-14-8-9-15(10-11-16-3)13(5-2)12-14/h13H,4-12H2,1-3H3. The van der Waals surface area contributed by atoms with Crippen LogP contribution in [0, 0.1) is 0 Å². The Morgan fingerprint density at radius 2 is 2.00 bits per heavy atom. The van der Waals surface area contributed by atoms with Crippen LogP contribution in [0.25, 0.3) is 0 Å². The topological polar surface area (TPSA) is 15.7 Å². The lowest BCUT2D eigenvalue weighted by molar-refractivity contribution is 0.0493. The molecule has 3 heteroatoms. The molecule has 1 rings (SSSR count). The van der Waals surface area contributed by atoms with Gasteiger partial charge < -0.3 is 9.64 Å². The average Bonchev–Trinajstić information content (AvgIpc) is 2.34. The molecule has 1 aliphatic rings. The van der Waals surface area contributed by atoms with Crippen LogP contribution in [-0.2, 0) is 4.74 Å². The largest absolute Gasteiger partial charge is 0.383 e. The summed E-state index contributed by atoms with van der Waals surface area (Å²) in [6.07, 6.45) is 3.90. The molecule has 0 amide bonds. The third-order valence-electron chi connectivity index (χ3n) is 3.57. The third-order valence-corrected chi connectivity index (χ3v) is 3.57. The van der Waals surface area contributed by atoms with Crippen molar-refractivity contribution < 1.29 is 4.74 Å². The van der Waals surface area contributed by atoms with Crippen LogP contribution in [0.15, 0.2) is 0 Å². The van der Waals surface area contributed by atoms with Gasteiger partial charge in [-0.1, -0.05) is 20.3 Å². The van der Waals surface area contributed by atoms with Crippen molar-refractivity contribution in [3.05, 3.63) is 0 Å². The van der Waals surface area contributed by atoms with E-state index >= 15 is 0 Å². The zero-order valence-electron chi connectivity index (χ0n) is 11.2. The monoisotopic (exact) mass is 228 g/mol. The number of unbranched alkanes of at least 4 members (excludes halogenated alkanes) is 1. The van der Waals surface area contributed by atoms with Crippen molar-refractivity contribution in [2.24, 2.45) is 0 Å². The van der Waals surface area contributed by atoms with Crippen LogP contribution < -0.4 is 0 Å². The first-order valence-corrected chi connectivity index (χ1v) is 6.77. The Morgan fingerprint density at radius 3 is 2.62 bits per heavy atom. The van der Waals surface area contributed by atoms with Crippen molar-refractivity contribution in [3.63, 3.8) is 0 Å². The minimum Gasteiger partial charge on any atom is -0.383 e. The molecular weight excluding hydrogens is 200 g/mol. The van der Waals surface area contributed by atoms with E-state index in [9.17, 15) is 0 Å². The normalized spacial score (nSPS) is 23.8. The van der Waals surface area contributed by atoms with E-state index in [4.69, 9.17) is 4.74 Å². The number of rotatable bonds is 7. The van der Waals surface area contributed by atoms with Crippen LogP contribution >= 0.6 is 0 Å². The van der Waals surface area contributed by atoms with Crippen molar-refractivity contribution in [2.75, 3.05) is 46.4 Å². The molecule has 1 unspecified atom stereocenters. The fourth-order valence-electron chi connectivity index (χ4n) is 2.43. The predicted molar refractivity (Wildman–Crippen MR) is 68.9 cm³/mol. The van der Waals surface area contributed by atoms with Gasteiger partial charge in [-0.3, -0.25) is 4.90 Å². The van der Waals surface area contributed by atoms with Crippen molar-refractivity contribution in [3.8, 4) is 0 Å². The van der Waals surface area contributed by atoms with Gasteiger partial charge in [-0.25, -0.2) is 0 Å². The summed E-state index contributed by atoms with van der Waals surface area (Å²) in [5.41, 5.74) is 0. The highest BCUT2D eigenvalue weighted by Gasteiger charge is 2.24. The van der Waals surface area contributed by atoms with Gasteiger partial charge in [0.05, 0.1) is 6.61 Å². The molecule has 1 saturated heterocycles. The number of methoxy groups -OCH3 is 1. The second kappa shape index (κ2) is 8.04. The SMILES string of the molecule is CCCCN1CCN(CCOC)C(CC)C1. The lowest BCUT2D eigenvalue weighted by Crippen LogP contribution is -2.53. The summed E-state index contributed by atoms with van der Waals surface area (Å²) >= 11 is 0. The molecule has 0 aromatic carbocycles. The lowest BCUT2D eigenvalue weighted by atomic mass is 10.1. The Balaban J connectivity index is 2.31. The van der Waals surface area contributed by atoms with Crippen LogP contribution in [0.5, 0.6) is 0 Å². The van der Waals surface area contributed by atoms with Gasteiger partial charge >= 0.3 is 0 Å². The van der Waals surface area contributed by atoms with Crippen molar-refractivity contribution in [1.82, 2.24) is 9.80 Å². The fraction of sp³-hybridized carbons (Fsp3) is 1.00. The molecule has 1 atom stereocenters. The van der Waals surface area contributed by atoms with Gasteiger partial charge in [-0.15, -0.1) is 0 Å². The first-order valence-electron chi connectivity index (χ1n) is 6.77. The van der Waals surface area contributed by atoms with Crippen molar-refractivity contribution >= 4 is 0 Å². The highest BCUT2D eigenvalue weighted by Crippen LogP contribution is 2.13. The van der Waals surface area contributed by atoms with E-state index in [1.54, 1.807) is 7.11 Å². The maximum Gasteiger partial charge on any atom is 0.0589 e. The fourth-order valence-corrected chi connectivity index (χ4v) is 2.43. The molecule has 0 N–H and O–H groups in total. The van der Waals surface area contributed by atoms with Crippen molar-refractivity contribution in [1.29, 1.82) is 0 Å². The van der Waals surface area contributed by atoms with E-state index in [0.717, 1.165) is 19.2 Å². The van der Waals surface area contributed by atoms with Crippen LogP contribution in [0.2, 0.25) is 0 Å². The smallest absolute Gasteiger partial charge is 0.0589 e. The number of piperazine rings is 1. The van der Waals surface area contributed by atoms with E-state index in [-0.39, 0.29) is 0 Å². The molecule has 16 heavy (non-hydrogen) atoms. The first kappa shape index (κ1) is 13.9. The summed E-state index contributed by atoms with van der Waals surface area (Å²) < 4.78 is 5.17. The summed E-state index contributed by atoms with van der Waals surface area (Å²) in [6.45, 7) is 11.5. The molecule has 0 aromatic rings. The summed E-state index contributed by atoms with van der Waals surface area (Å²) in [7, 11) is 1.79. The molecular formula is C13H28N2O. The molecule has 0 bridgehead atoms. The van der Waals surface area contributed by atoms with Gasteiger partial charge in [-0.05, 0) is 19.4 Å². The minimum atomic E-state index is 0.737. The van der Waals surface area contributed by atoms with E-state index in [0.29, 0.717) is 0 Å². The highest BCUT2D eigenvalue weighted by molar-refractivity contribution is 4.81. The lowest BCUT2D eigenvalue weighted by Gasteiger charge is -2.41. The quantitative estimate of drug-likeness (QED) is 0.661. The summed E-state index contributed by atoms with van der Waals surface area (Å²) in [6, 6.07) is 0.737. The van der Waals surface area contributed by atoms with Gasteiger partial charge in [0.15, 0.2) is 0 Å². The van der Waals surface area contributed by atoms with E-state index in [1.807, 2.05) is 0 Å². The van der Waals surface area contributed by atoms with Crippen LogP contribution in [0.3, 0.4) is 0 Å². The number of ether oxygens (including phenoxy) is 1. The predicted octanol–water partition coefficient (Wildman–Crippen LogP) is 1.83. The van der Waals surface area contributed by atoms with E-state index < -0.39 is 0 Å². The Hall–Kier alpha value is -0.120. The Labute approximate surface area is 101 Å². The second-order valence-electron chi connectivity index (χ2n) is 4.75. The summed E-state index contributed by atoms with van der Waals surface area (Å²) in [5.74, 6) is 0. The Bertz CT molecular complexity index is 175. The summed E-state index contributed by atoms with van der Waals surface area (Å²) in [4.78, 5) is 5.22. The number of nitrogens with zero attached hydrogens (tertiary/aromatic N) is 2. The van der Waals surface area contributed by atoms with Gasteiger partial charge in [0.1, 0.15) is 0 Å². The third kappa shape index (κ3) is 4.40. The maximum atomic E-state index is 5.17. The van der Waals surface area contributed by atoms with Gasteiger partial charge in [0.2, 0.25) is 0 Å². The van der Waals surface area contributed by atoms with Crippen LogP contribution in [0.1, 0.15) is 33.1 Å². The van der Waals surface area contributed by atoms with Crippen LogP contribution in [0.4, 0.5) is 0 Å². The molecule has 0 aliphatic carbocycles. The van der Waals surface area contributed by atoms with Crippen LogP contribution in [-0.4, -0.2) is 62.3 Å². The zero-order chi connectivity index (χ0) is 11.8. The number of hydrogen-bond acceptors (Lipinski definition) is 3.